The monoisotopic (exact) mass is 195 g/mol. The van der Waals surface area contributed by atoms with Gasteiger partial charge in [-0.25, -0.2) is 0 Å². The van der Waals surface area contributed by atoms with E-state index in [-0.39, 0.29) is 13.0 Å². The van der Waals surface area contributed by atoms with Crippen LogP contribution in [0, 0.1) is 0 Å². The van der Waals surface area contributed by atoms with Crippen LogP contribution >= 0.6 is 0 Å². The van der Waals surface area contributed by atoms with Crippen molar-refractivity contribution in [2.24, 2.45) is 5.73 Å². The molecule has 4 nitrogen and oxygen atoms in total. The first-order chi connectivity index (χ1) is 6.65. The Labute approximate surface area is 82.0 Å². The number of carboxylic acid groups (broad SMARTS) is 1. The molecule has 0 amide bonds. The Morgan fingerprint density at radius 2 is 2.07 bits per heavy atom. The minimum absolute atomic E-state index is 0.0656. The van der Waals surface area contributed by atoms with Crippen LogP contribution in [0.1, 0.15) is 17.2 Å². The zero-order valence-corrected chi connectivity index (χ0v) is 7.68. The maximum absolute atomic E-state index is 10.5. The number of aliphatic hydroxyl groups excluding tert-OH is 1. The molecule has 0 saturated heterocycles. The van der Waals surface area contributed by atoms with Gasteiger partial charge in [-0.1, -0.05) is 24.3 Å². The van der Waals surface area contributed by atoms with E-state index in [0.29, 0.717) is 11.1 Å². The lowest BCUT2D eigenvalue weighted by atomic mass is 9.99. The minimum Gasteiger partial charge on any atom is -0.481 e. The van der Waals surface area contributed by atoms with Gasteiger partial charge in [0.05, 0.1) is 19.1 Å². The van der Waals surface area contributed by atoms with Gasteiger partial charge in [-0.15, -0.1) is 0 Å². The maximum Gasteiger partial charge on any atom is 0.307 e. The topological polar surface area (TPSA) is 83.5 Å². The average Bonchev–Trinajstić information content (AvgIpc) is 2.16. The molecule has 0 saturated carbocycles. The molecule has 4 N–H and O–H groups in total. The molecule has 0 aliphatic heterocycles. The van der Waals surface area contributed by atoms with E-state index in [2.05, 4.69) is 0 Å². The third-order valence-corrected chi connectivity index (χ3v) is 1.99. The number of hydrogen-bond donors (Lipinski definition) is 3. The van der Waals surface area contributed by atoms with E-state index in [9.17, 15) is 4.79 Å². The lowest BCUT2D eigenvalue weighted by molar-refractivity contribution is -0.136. The summed E-state index contributed by atoms with van der Waals surface area (Å²) < 4.78 is 0. The van der Waals surface area contributed by atoms with Crippen molar-refractivity contribution in [2.45, 2.75) is 12.5 Å². The second kappa shape index (κ2) is 4.74. The lowest BCUT2D eigenvalue weighted by Gasteiger charge is -2.12. The Bertz CT molecular complexity index is 325. The van der Waals surface area contributed by atoms with Gasteiger partial charge in [0.25, 0.3) is 0 Å². The number of nitrogens with two attached hydrogens (primary N) is 1. The first-order valence-corrected chi connectivity index (χ1v) is 4.31. The minimum atomic E-state index is -0.900. The molecule has 4 heteroatoms. The Morgan fingerprint density at radius 3 is 2.64 bits per heavy atom. The van der Waals surface area contributed by atoms with E-state index in [0.717, 1.165) is 0 Å². The van der Waals surface area contributed by atoms with Crippen LogP contribution in [0.25, 0.3) is 0 Å². The number of aliphatic hydroxyl groups is 1. The Balaban J connectivity index is 2.96. The van der Waals surface area contributed by atoms with Crippen LogP contribution in [-0.4, -0.2) is 22.8 Å². The average molecular weight is 195 g/mol. The summed E-state index contributed by atoms with van der Waals surface area (Å²) in [7, 11) is 0. The summed E-state index contributed by atoms with van der Waals surface area (Å²) in [4.78, 5) is 10.5. The van der Waals surface area contributed by atoms with E-state index in [1.807, 2.05) is 0 Å². The molecule has 0 aliphatic rings. The summed E-state index contributed by atoms with van der Waals surface area (Å²) >= 11 is 0. The zero-order valence-electron chi connectivity index (χ0n) is 7.68. The first kappa shape index (κ1) is 10.7. The van der Waals surface area contributed by atoms with Crippen LogP contribution < -0.4 is 5.73 Å². The third kappa shape index (κ3) is 2.55. The van der Waals surface area contributed by atoms with Crippen LogP contribution in [0.2, 0.25) is 0 Å². The smallest absolute Gasteiger partial charge is 0.307 e. The molecule has 14 heavy (non-hydrogen) atoms. The lowest BCUT2D eigenvalue weighted by Crippen LogP contribution is -2.17. The maximum atomic E-state index is 10.5. The highest BCUT2D eigenvalue weighted by Crippen LogP contribution is 2.16. The standard InChI is InChI=1S/C10H13NO3/c11-9(6-12)8-4-2-1-3-7(8)5-10(13)14/h1-4,9,12H,5-6,11H2,(H,13,14)/t9-/m0/s1. The Morgan fingerprint density at radius 1 is 1.43 bits per heavy atom. The van der Waals surface area contributed by atoms with Crippen LogP contribution in [0.15, 0.2) is 24.3 Å². The number of carbonyl (C=O) groups is 1. The quantitative estimate of drug-likeness (QED) is 0.645. The Kier molecular flexibility index (Phi) is 3.62. The van der Waals surface area contributed by atoms with E-state index in [1.165, 1.54) is 0 Å². The van der Waals surface area contributed by atoms with E-state index >= 15 is 0 Å². The van der Waals surface area contributed by atoms with Gasteiger partial charge >= 0.3 is 5.97 Å². The van der Waals surface area contributed by atoms with Crippen molar-refractivity contribution in [3.63, 3.8) is 0 Å². The van der Waals surface area contributed by atoms with Crippen molar-refractivity contribution >= 4 is 5.97 Å². The molecule has 0 spiro atoms. The molecular formula is C10H13NO3. The number of aliphatic carboxylic acids is 1. The van der Waals surface area contributed by atoms with Gasteiger partial charge in [0.15, 0.2) is 0 Å². The molecule has 0 heterocycles. The van der Waals surface area contributed by atoms with Gasteiger partial charge in [-0.2, -0.15) is 0 Å². The predicted octanol–water partition coefficient (Wildman–Crippen LogP) is 0.306. The van der Waals surface area contributed by atoms with Crippen LogP contribution in [0.5, 0.6) is 0 Å². The fourth-order valence-electron chi connectivity index (χ4n) is 1.32. The van der Waals surface area contributed by atoms with Gasteiger partial charge in [0.2, 0.25) is 0 Å². The highest BCUT2D eigenvalue weighted by Gasteiger charge is 2.11. The summed E-state index contributed by atoms with van der Waals surface area (Å²) in [6.45, 7) is -0.184. The van der Waals surface area contributed by atoms with E-state index < -0.39 is 12.0 Å². The number of benzene rings is 1. The molecule has 1 aromatic rings. The second-order valence-electron chi connectivity index (χ2n) is 3.06. The van der Waals surface area contributed by atoms with Crippen molar-refractivity contribution in [1.29, 1.82) is 0 Å². The largest absolute Gasteiger partial charge is 0.481 e. The number of carboxylic acids is 1. The van der Waals surface area contributed by atoms with Crippen molar-refractivity contribution in [3.05, 3.63) is 35.4 Å². The summed E-state index contributed by atoms with van der Waals surface area (Å²) in [5, 5.41) is 17.5. The third-order valence-electron chi connectivity index (χ3n) is 1.99. The van der Waals surface area contributed by atoms with Crippen molar-refractivity contribution in [3.8, 4) is 0 Å². The van der Waals surface area contributed by atoms with Gasteiger partial charge in [-0.05, 0) is 11.1 Å². The highest BCUT2D eigenvalue weighted by atomic mass is 16.4. The van der Waals surface area contributed by atoms with Crippen molar-refractivity contribution in [1.82, 2.24) is 0 Å². The fourth-order valence-corrected chi connectivity index (χ4v) is 1.32. The molecule has 0 aromatic heterocycles. The summed E-state index contributed by atoms with van der Waals surface area (Å²) in [6.07, 6.45) is -0.0656. The molecule has 1 atom stereocenters. The molecule has 0 fully saturated rings. The fraction of sp³-hybridized carbons (Fsp3) is 0.300. The van der Waals surface area contributed by atoms with Crippen LogP contribution in [0.3, 0.4) is 0 Å². The van der Waals surface area contributed by atoms with Gasteiger partial charge in [-0.3, -0.25) is 4.79 Å². The zero-order chi connectivity index (χ0) is 10.6. The molecule has 0 bridgehead atoms. The molecule has 76 valence electrons. The normalized spacial score (nSPS) is 12.4. The van der Waals surface area contributed by atoms with Crippen LogP contribution in [0.4, 0.5) is 0 Å². The first-order valence-electron chi connectivity index (χ1n) is 4.31. The summed E-state index contributed by atoms with van der Waals surface area (Å²) in [5.74, 6) is -0.900. The van der Waals surface area contributed by atoms with Gasteiger partial charge in [0, 0.05) is 0 Å². The van der Waals surface area contributed by atoms with Gasteiger partial charge in [0.1, 0.15) is 0 Å². The predicted molar refractivity (Wildman–Crippen MR) is 51.8 cm³/mol. The molecule has 0 unspecified atom stereocenters. The second-order valence-corrected chi connectivity index (χ2v) is 3.06. The van der Waals surface area contributed by atoms with Crippen molar-refractivity contribution < 1.29 is 15.0 Å². The molecular weight excluding hydrogens is 182 g/mol. The number of hydrogen-bond acceptors (Lipinski definition) is 3. The van der Waals surface area contributed by atoms with Gasteiger partial charge < -0.3 is 15.9 Å². The summed E-state index contributed by atoms with van der Waals surface area (Å²) in [5.41, 5.74) is 6.97. The Hall–Kier alpha value is -1.39. The number of rotatable bonds is 4. The molecule has 1 rings (SSSR count). The highest BCUT2D eigenvalue weighted by molar-refractivity contribution is 5.70. The summed E-state index contributed by atoms with van der Waals surface area (Å²) in [6, 6.07) is 6.46. The molecule has 0 radical (unpaired) electrons. The van der Waals surface area contributed by atoms with Crippen LogP contribution in [-0.2, 0) is 11.2 Å². The molecule has 1 aromatic carbocycles. The van der Waals surface area contributed by atoms with Crippen molar-refractivity contribution in [2.75, 3.05) is 6.61 Å². The van der Waals surface area contributed by atoms with E-state index in [4.69, 9.17) is 15.9 Å². The molecule has 0 aliphatic carbocycles. The van der Waals surface area contributed by atoms with E-state index in [1.54, 1.807) is 24.3 Å². The SMILES string of the molecule is N[C@@H](CO)c1ccccc1CC(=O)O.